The molecule has 0 amide bonds. The average Bonchev–Trinajstić information content (AvgIpc) is 2.87. The highest BCUT2D eigenvalue weighted by Gasteiger charge is 2.33. The Kier molecular flexibility index (Phi) is 6.73. The van der Waals surface area contributed by atoms with Crippen molar-refractivity contribution in [1.29, 1.82) is 5.41 Å². The molecule has 0 aliphatic heterocycles. The zero-order chi connectivity index (χ0) is 24.4. The monoisotopic (exact) mass is 471 g/mol. The first-order chi connectivity index (χ1) is 17.0. The summed E-state index contributed by atoms with van der Waals surface area (Å²) < 4.78 is 6.55. The average molecular weight is 472 g/mol. The van der Waals surface area contributed by atoms with Gasteiger partial charge in [0, 0.05) is 11.3 Å². The molecule has 0 saturated heterocycles. The Morgan fingerprint density at radius 3 is 2.77 bits per heavy atom. The Balaban J connectivity index is 1.54. The number of guanidine groups is 1. The van der Waals surface area contributed by atoms with Crippen molar-refractivity contribution in [3.05, 3.63) is 75.4 Å². The van der Waals surface area contributed by atoms with Crippen molar-refractivity contribution < 1.29 is 14.6 Å². The van der Waals surface area contributed by atoms with Gasteiger partial charge in [-0.3, -0.25) is 10.2 Å². The van der Waals surface area contributed by atoms with Crippen LogP contribution in [-0.4, -0.2) is 23.5 Å². The summed E-state index contributed by atoms with van der Waals surface area (Å²) in [5.74, 6) is 0.00358. The standard InChI is InChI=1S/C29H33N3O3/c30-29(31)32-22-9-5-6-18(14-22)17-35-25-13-12-19-7-1-3-10-23(19)26(25)27-24-11-4-2-8-20(24)15-21(16-33)28(27)34/h5-6,9,12,14-16,25,34H,1-4,7-8,10-11,13,17H2,(H4,30,31,32). The molecule has 182 valence electrons. The summed E-state index contributed by atoms with van der Waals surface area (Å²) in [6.45, 7) is 0.397. The molecule has 6 heteroatoms. The molecule has 1 fully saturated rings. The number of phenolic OH excluding ortho intramolecular Hbond substituents is 1. The molecule has 0 radical (unpaired) electrons. The maximum atomic E-state index is 11.9. The van der Waals surface area contributed by atoms with Crippen molar-refractivity contribution in [2.45, 2.75) is 70.5 Å². The van der Waals surface area contributed by atoms with E-state index in [0.717, 1.165) is 80.0 Å². The number of nitrogens with two attached hydrogens (primary N) is 1. The number of aldehydes is 1. The van der Waals surface area contributed by atoms with E-state index in [1.807, 2.05) is 30.3 Å². The van der Waals surface area contributed by atoms with Gasteiger partial charge in [-0.15, -0.1) is 0 Å². The molecule has 3 aliphatic rings. The molecule has 3 aliphatic carbocycles. The Morgan fingerprint density at radius 1 is 1.14 bits per heavy atom. The van der Waals surface area contributed by atoms with Crippen LogP contribution in [0.25, 0.3) is 5.57 Å². The molecule has 0 aromatic heterocycles. The lowest BCUT2D eigenvalue weighted by Gasteiger charge is -2.34. The van der Waals surface area contributed by atoms with Gasteiger partial charge in [0.15, 0.2) is 12.2 Å². The molecular formula is C29H33N3O3. The molecule has 5 N–H and O–H groups in total. The largest absolute Gasteiger partial charge is 0.507 e. The number of anilines is 1. The molecule has 6 nitrogen and oxygen atoms in total. The highest BCUT2D eigenvalue weighted by molar-refractivity contribution is 5.90. The number of benzene rings is 2. The summed E-state index contributed by atoms with van der Waals surface area (Å²) in [5, 5.41) is 21.6. The van der Waals surface area contributed by atoms with E-state index in [2.05, 4.69) is 11.4 Å². The number of aromatic hydroxyl groups is 1. The number of hydrogen-bond donors (Lipinski definition) is 4. The number of nitrogens with one attached hydrogen (secondary N) is 2. The molecule has 1 atom stereocenters. The number of aryl methyl sites for hydroxylation is 1. The number of carbonyl (C=O) groups excluding carboxylic acids is 1. The van der Waals surface area contributed by atoms with Crippen LogP contribution in [0.5, 0.6) is 5.75 Å². The molecular weight excluding hydrogens is 438 g/mol. The SMILES string of the molecule is N=C(N)Nc1cccc(COC2CC=C3CCCCC3=C2c2c(O)c(C=O)cc3c2CCCC3)c1. The van der Waals surface area contributed by atoms with Crippen molar-refractivity contribution in [3.8, 4) is 5.75 Å². The minimum absolute atomic E-state index is 0.104. The predicted octanol–water partition coefficient (Wildman–Crippen LogP) is 5.63. The highest BCUT2D eigenvalue weighted by Crippen LogP contribution is 2.47. The number of fused-ring (bicyclic) bond motifs is 2. The van der Waals surface area contributed by atoms with Crippen molar-refractivity contribution in [1.82, 2.24) is 0 Å². The second kappa shape index (κ2) is 10.1. The third-order valence-electron chi connectivity index (χ3n) is 7.44. The fourth-order valence-electron chi connectivity index (χ4n) is 5.87. The summed E-state index contributed by atoms with van der Waals surface area (Å²) in [5.41, 5.74) is 14.6. The maximum Gasteiger partial charge on any atom is 0.190 e. The lowest BCUT2D eigenvalue weighted by molar-refractivity contribution is 0.0786. The van der Waals surface area contributed by atoms with Crippen molar-refractivity contribution in [3.63, 3.8) is 0 Å². The molecule has 5 rings (SSSR count). The van der Waals surface area contributed by atoms with E-state index in [1.165, 1.54) is 28.7 Å². The smallest absolute Gasteiger partial charge is 0.190 e. The lowest BCUT2D eigenvalue weighted by Crippen LogP contribution is -2.23. The summed E-state index contributed by atoms with van der Waals surface area (Å²) in [6.07, 6.45) is 12.0. The topological polar surface area (TPSA) is 108 Å². The normalized spacial score (nSPS) is 19.4. The van der Waals surface area contributed by atoms with Crippen LogP contribution >= 0.6 is 0 Å². The molecule has 35 heavy (non-hydrogen) atoms. The van der Waals surface area contributed by atoms with Crippen molar-refractivity contribution >= 4 is 23.5 Å². The van der Waals surface area contributed by atoms with Gasteiger partial charge in [0.25, 0.3) is 0 Å². The van der Waals surface area contributed by atoms with Crippen LogP contribution < -0.4 is 11.1 Å². The molecule has 0 spiro atoms. The molecule has 0 heterocycles. The van der Waals surface area contributed by atoms with Crippen LogP contribution in [-0.2, 0) is 24.2 Å². The lowest BCUT2D eigenvalue weighted by atomic mass is 9.74. The second-order valence-electron chi connectivity index (χ2n) is 9.76. The Labute approximate surface area is 206 Å². The number of carbonyl (C=O) groups is 1. The summed E-state index contributed by atoms with van der Waals surface area (Å²) in [6, 6.07) is 9.60. The minimum Gasteiger partial charge on any atom is -0.507 e. The van der Waals surface area contributed by atoms with Crippen LogP contribution in [0.4, 0.5) is 5.69 Å². The van der Waals surface area contributed by atoms with E-state index in [4.69, 9.17) is 15.9 Å². The Morgan fingerprint density at radius 2 is 1.94 bits per heavy atom. The van der Waals surface area contributed by atoms with E-state index in [9.17, 15) is 9.90 Å². The van der Waals surface area contributed by atoms with Gasteiger partial charge in [-0.1, -0.05) is 18.2 Å². The van der Waals surface area contributed by atoms with Gasteiger partial charge in [0.1, 0.15) is 5.75 Å². The number of ether oxygens (including phenoxy) is 1. The number of rotatable bonds is 6. The number of hydrogen-bond acceptors (Lipinski definition) is 4. The van der Waals surface area contributed by atoms with Crippen LogP contribution in [0.2, 0.25) is 0 Å². The van der Waals surface area contributed by atoms with E-state index in [1.54, 1.807) is 0 Å². The van der Waals surface area contributed by atoms with Gasteiger partial charge in [-0.2, -0.15) is 0 Å². The predicted molar refractivity (Wildman–Crippen MR) is 139 cm³/mol. The van der Waals surface area contributed by atoms with Gasteiger partial charge < -0.3 is 20.9 Å². The quantitative estimate of drug-likeness (QED) is 0.248. The van der Waals surface area contributed by atoms with Crippen molar-refractivity contribution in [2.75, 3.05) is 5.32 Å². The van der Waals surface area contributed by atoms with E-state index >= 15 is 0 Å². The first-order valence-electron chi connectivity index (χ1n) is 12.6. The van der Waals surface area contributed by atoms with Gasteiger partial charge in [-0.25, -0.2) is 0 Å². The first kappa shape index (κ1) is 23.4. The zero-order valence-electron chi connectivity index (χ0n) is 20.0. The highest BCUT2D eigenvalue weighted by atomic mass is 16.5. The van der Waals surface area contributed by atoms with Crippen LogP contribution in [0.1, 0.15) is 77.6 Å². The Hall–Kier alpha value is -3.38. The van der Waals surface area contributed by atoms with Crippen LogP contribution in [0.3, 0.4) is 0 Å². The number of phenols is 1. The van der Waals surface area contributed by atoms with Crippen LogP contribution in [0.15, 0.2) is 47.6 Å². The zero-order valence-corrected chi connectivity index (χ0v) is 20.0. The maximum absolute atomic E-state index is 11.9. The summed E-state index contributed by atoms with van der Waals surface area (Å²) in [7, 11) is 0. The van der Waals surface area contributed by atoms with E-state index in [0.29, 0.717) is 12.2 Å². The summed E-state index contributed by atoms with van der Waals surface area (Å²) >= 11 is 0. The van der Waals surface area contributed by atoms with Gasteiger partial charge in [0.2, 0.25) is 0 Å². The van der Waals surface area contributed by atoms with Gasteiger partial charge >= 0.3 is 0 Å². The summed E-state index contributed by atoms with van der Waals surface area (Å²) in [4.78, 5) is 11.9. The van der Waals surface area contributed by atoms with Crippen molar-refractivity contribution in [2.24, 2.45) is 5.73 Å². The molecule has 2 aromatic carbocycles. The fraction of sp³-hybridized carbons (Fsp3) is 0.379. The molecule has 1 saturated carbocycles. The van der Waals surface area contributed by atoms with E-state index < -0.39 is 0 Å². The van der Waals surface area contributed by atoms with E-state index in [-0.39, 0.29) is 17.8 Å². The third kappa shape index (κ3) is 4.76. The number of allylic oxidation sites excluding steroid dienone is 2. The molecule has 0 bridgehead atoms. The minimum atomic E-state index is -0.199. The second-order valence-corrected chi connectivity index (χ2v) is 9.76. The molecule has 1 unspecified atom stereocenters. The van der Waals surface area contributed by atoms with Crippen LogP contribution in [0, 0.1) is 5.41 Å². The third-order valence-corrected chi connectivity index (χ3v) is 7.44. The Bertz CT molecular complexity index is 1230. The van der Waals surface area contributed by atoms with Gasteiger partial charge in [-0.05, 0) is 109 Å². The first-order valence-corrected chi connectivity index (χ1v) is 12.6. The van der Waals surface area contributed by atoms with Gasteiger partial charge in [0.05, 0.1) is 18.3 Å². The fourth-order valence-corrected chi connectivity index (χ4v) is 5.87. The molecule has 2 aromatic rings.